The van der Waals surface area contributed by atoms with E-state index >= 15 is 0 Å². The SMILES string of the molecule is CCCC(CCC)S(=O)(=O)CC(NC(=O)OCc1ccccc1)C(=O)O[C@H](CNCCc1cccc(C(F)(F)F)c1)[C@@H](N)Cc1cc(F)cc(F)c1. The van der Waals surface area contributed by atoms with Gasteiger partial charge in [0.05, 0.1) is 16.6 Å². The fourth-order valence-electron chi connectivity index (χ4n) is 5.62. The zero-order valence-electron chi connectivity index (χ0n) is 29.1. The third-order valence-electron chi connectivity index (χ3n) is 8.25. The van der Waals surface area contributed by atoms with E-state index in [1.165, 1.54) is 12.1 Å². The summed E-state index contributed by atoms with van der Waals surface area (Å²) >= 11 is 0. The molecule has 3 aromatic rings. The summed E-state index contributed by atoms with van der Waals surface area (Å²) in [7, 11) is -3.96. The molecule has 1 amide bonds. The van der Waals surface area contributed by atoms with Crippen molar-refractivity contribution in [2.45, 2.75) is 88.6 Å². The minimum Gasteiger partial charge on any atom is -0.458 e. The van der Waals surface area contributed by atoms with E-state index in [4.69, 9.17) is 15.2 Å². The van der Waals surface area contributed by atoms with Crippen LogP contribution in [0.5, 0.6) is 0 Å². The first-order chi connectivity index (χ1) is 24.6. The number of rotatable bonds is 20. The number of benzene rings is 3. The van der Waals surface area contributed by atoms with Crippen LogP contribution in [0.3, 0.4) is 0 Å². The monoisotopic (exact) mass is 755 g/mol. The zero-order chi connectivity index (χ0) is 38.3. The molecule has 3 rings (SSSR count). The quantitative estimate of drug-likeness (QED) is 0.0697. The highest BCUT2D eigenvalue weighted by molar-refractivity contribution is 7.92. The summed E-state index contributed by atoms with van der Waals surface area (Å²) in [5.41, 5.74) is 6.78. The van der Waals surface area contributed by atoms with Crippen molar-refractivity contribution in [2.24, 2.45) is 5.73 Å². The van der Waals surface area contributed by atoms with Crippen molar-refractivity contribution in [1.82, 2.24) is 10.6 Å². The van der Waals surface area contributed by atoms with Crippen molar-refractivity contribution >= 4 is 21.9 Å². The van der Waals surface area contributed by atoms with Gasteiger partial charge in [0, 0.05) is 18.7 Å². The van der Waals surface area contributed by atoms with Gasteiger partial charge in [0.25, 0.3) is 0 Å². The number of amides is 1. The van der Waals surface area contributed by atoms with Crippen LogP contribution in [0.4, 0.5) is 26.7 Å². The number of alkyl carbamates (subject to hydrolysis) is 1. The summed E-state index contributed by atoms with van der Waals surface area (Å²) < 4.78 is 106. The summed E-state index contributed by atoms with van der Waals surface area (Å²) in [6.45, 7) is 3.45. The molecule has 15 heteroatoms. The third-order valence-corrected chi connectivity index (χ3v) is 10.5. The molecule has 0 radical (unpaired) electrons. The van der Waals surface area contributed by atoms with E-state index in [1.54, 1.807) is 30.3 Å². The summed E-state index contributed by atoms with van der Waals surface area (Å²) in [4.78, 5) is 26.6. The lowest BCUT2D eigenvalue weighted by atomic mass is 10.0. The molecular formula is C37H46F5N3O6S. The molecule has 0 aromatic heterocycles. The number of sulfone groups is 1. The maximum atomic E-state index is 14.0. The third kappa shape index (κ3) is 14.2. The number of nitrogens with one attached hydrogen (secondary N) is 2. The van der Waals surface area contributed by atoms with Crippen LogP contribution >= 0.6 is 0 Å². The van der Waals surface area contributed by atoms with Gasteiger partial charge in [-0.1, -0.05) is 75.2 Å². The molecule has 0 aliphatic carbocycles. The number of ether oxygens (including phenoxy) is 2. The van der Waals surface area contributed by atoms with Gasteiger partial charge in [-0.2, -0.15) is 13.2 Å². The molecule has 0 heterocycles. The fourth-order valence-corrected chi connectivity index (χ4v) is 7.76. The summed E-state index contributed by atoms with van der Waals surface area (Å²) in [6, 6.07) is 13.4. The number of hydrogen-bond donors (Lipinski definition) is 3. The molecule has 0 aliphatic heterocycles. The van der Waals surface area contributed by atoms with Crippen molar-refractivity contribution < 1.29 is 49.4 Å². The Labute approximate surface area is 301 Å². The molecular weight excluding hydrogens is 709 g/mol. The average molecular weight is 756 g/mol. The first-order valence-electron chi connectivity index (χ1n) is 17.1. The molecule has 0 spiro atoms. The van der Waals surface area contributed by atoms with Crippen LogP contribution in [0.15, 0.2) is 72.8 Å². The number of carbonyl (C=O) groups excluding carboxylic acids is 2. The normalized spacial score (nSPS) is 13.7. The molecule has 0 saturated heterocycles. The highest BCUT2D eigenvalue weighted by Gasteiger charge is 2.36. The van der Waals surface area contributed by atoms with Gasteiger partial charge >= 0.3 is 18.2 Å². The Kier molecular flexibility index (Phi) is 16.5. The topological polar surface area (TPSA) is 137 Å². The van der Waals surface area contributed by atoms with Crippen molar-refractivity contribution in [3.8, 4) is 0 Å². The lowest BCUT2D eigenvalue weighted by Crippen LogP contribution is -2.52. The molecule has 0 bridgehead atoms. The second kappa shape index (κ2) is 20.2. The largest absolute Gasteiger partial charge is 0.458 e. The van der Waals surface area contributed by atoms with Gasteiger partial charge < -0.3 is 25.8 Å². The van der Waals surface area contributed by atoms with E-state index in [0.29, 0.717) is 42.9 Å². The van der Waals surface area contributed by atoms with E-state index in [2.05, 4.69) is 10.6 Å². The number of hydrogen-bond acceptors (Lipinski definition) is 8. The summed E-state index contributed by atoms with van der Waals surface area (Å²) in [6.07, 6.45) is -5.05. The number of nitrogens with two attached hydrogens (primary N) is 1. The predicted octanol–water partition coefficient (Wildman–Crippen LogP) is 6.28. The van der Waals surface area contributed by atoms with Gasteiger partial charge in [-0.3, -0.25) is 0 Å². The number of alkyl halides is 3. The molecule has 0 aliphatic rings. The van der Waals surface area contributed by atoms with Crippen molar-refractivity contribution in [2.75, 3.05) is 18.8 Å². The maximum Gasteiger partial charge on any atom is 0.416 e. The Morgan fingerprint density at radius 3 is 2.12 bits per heavy atom. The van der Waals surface area contributed by atoms with Gasteiger partial charge in [0.15, 0.2) is 9.84 Å². The molecule has 9 nitrogen and oxygen atoms in total. The Morgan fingerprint density at radius 1 is 0.865 bits per heavy atom. The summed E-state index contributed by atoms with van der Waals surface area (Å²) in [5.74, 6) is -3.64. The van der Waals surface area contributed by atoms with Crippen LogP contribution in [0, 0.1) is 11.6 Å². The molecule has 3 atom stereocenters. The minimum absolute atomic E-state index is 0.119. The first-order valence-corrected chi connectivity index (χ1v) is 18.8. The van der Waals surface area contributed by atoms with Crippen LogP contribution in [-0.2, 0) is 49.7 Å². The molecule has 52 heavy (non-hydrogen) atoms. The molecule has 3 aromatic carbocycles. The molecule has 1 unspecified atom stereocenters. The highest BCUT2D eigenvalue weighted by Crippen LogP contribution is 2.29. The lowest BCUT2D eigenvalue weighted by Gasteiger charge is -2.28. The van der Waals surface area contributed by atoms with Crippen molar-refractivity contribution in [3.05, 3.63) is 107 Å². The Hall–Kier alpha value is -4.08. The second-order valence-electron chi connectivity index (χ2n) is 12.6. The maximum absolute atomic E-state index is 14.0. The fraction of sp³-hybridized carbons (Fsp3) is 0.459. The van der Waals surface area contributed by atoms with Gasteiger partial charge in [-0.25, -0.2) is 26.8 Å². The Bertz CT molecular complexity index is 1670. The smallest absolute Gasteiger partial charge is 0.416 e. The van der Waals surface area contributed by atoms with E-state index in [-0.39, 0.29) is 38.1 Å². The van der Waals surface area contributed by atoms with Gasteiger partial charge in [-0.05, 0) is 67.1 Å². The van der Waals surface area contributed by atoms with Crippen LogP contribution in [0.1, 0.15) is 61.8 Å². The van der Waals surface area contributed by atoms with Gasteiger partial charge in [-0.15, -0.1) is 0 Å². The lowest BCUT2D eigenvalue weighted by molar-refractivity contribution is -0.151. The number of halogens is 5. The van der Waals surface area contributed by atoms with Crippen LogP contribution in [0.2, 0.25) is 0 Å². The van der Waals surface area contributed by atoms with E-state index in [1.807, 2.05) is 13.8 Å². The van der Waals surface area contributed by atoms with E-state index in [0.717, 1.165) is 24.3 Å². The van der Waals surface area contributed by atoms with Crippen molar-refractivity contribution in [3.63, 3.8) is 0 Å². The number of esters is 1. The molecule has 0 fully saturated rings. The van der Waals surface area contributed by atoms with Crippen molar-refractivity contribution in [1.29, 1.82) is 0 Å². The highest BCUT2D eigenvalue weighted by atomic mass is 32.2. The molecule has 286 valence electrons. The standard InChI is InChI=1S/C37H46F5N3O6S/c1-3-9-31(10-4-2)52(48,49)24-33(45-36(47)50-23-26-11-6-5-7-12-26)35(46)51-34(32(43)20-27-18-29(38)21-30(39)19-27)22-44-16-15-25-13-8-14-28(17-25)37(40,41)42/h5-8,11-14,17-19,21,31-34,44H,3-4,9-10,15-16,20,22-24,43H2,1-2H3,(H,45,47)/t32-,33?,34+/m0/s1. The van der Waals surface area contributed by atoms with Gasteiger partial charge in [0.2, 0.25) is 0 Å². The van der Waals surface area contributed by atoms with E-state index in [9.17, 15) is 40.0 Å². The molecule has 0 saturated carbocycles. The minimum atomic E-state index is -4.52. The first kappa shape index (κ1) is 42.3. The second-order valence-corrected chi connectivity index (χ2v) is 14.9. The Balaban J connectivity index is 1.83. The number of carbonyl (C=O) groups is 2. The Morgan fingerprint density at radius 2 is 1.50 bits per heavy atom. The van der Waals surface area contributed by atoms with Crippen LogP contribution in [-0.4, -0.2) is 62.8 Å². The molecule has 4 N–H and O–H groups in total. The van der Waals surface area contributed by atoms with Crippen LogP contribution in [0.25, 0.3) is 0 Å². The zero-order valence-corrected chi connectivity index (χ0v) is 30.0. The van der Waals surface area contributed by atoms with Gasteiger partial charge in [0.1, 0.15) is 30.4 Å². The predicted molar refractivity (Wildman–Crippen MR) is 187 cm³/mol. The van der Waals surface area contributed by atoms with E-state index < -0.39 is 74.5 Å². The van der Waals surface area contributed by atoms with Crippen LogP contribution < -0.4 is 16.4 Å². The average Bonchev–Trinajstić information content (AvgIpc) is 3.08. The summed E-state index contributed by atoms with van der Waals surface area (Å²) in [5, 5.41) is 4.54.